The molecule has 20 heavy (non-hydrogen) atoms. The highest BCUT2D eigenvalue weighted by Gasteiger charge is 2.08. The van der Waals surface area contributed by atoms with Crippen LogP contribution in [0.5, 0.6) is 5.75 Å². The largest absolute Gasteiger partial charge is 0.491 e. The van der Waals surface area contributed by atoms with Crippen LogP contribution >= 0.6 is 0 Å². The molecule has 0 aliphatic rings. The number of aryl methyl sites for hydroxylation is 1. The van der Waals surface area contributed by atoms with Gasteiger partial charge < -0.3 is 15.7 Å². The minimum absolute atomic E-state index is 0.0604. The van der Waals surface area contributed by atoms with Crippen molar-refractivity contribution in [2.75, 3.05) is 6.61 Å². The summed E-state index contributed by atoms with van der Waals surface area (Å²) in [6.07, 6.45) is 6.87. The summed E-state index contributed by atoms with van der Waals surface area (Å²) in [5.41, 5.74) is 7.10. The zero-order valence-electron chi connectivity index (χ0n) is 10.9. The molecule has 0 aliphatic carbocycles. The zero-order valence-corrected chi connectivity index (χ0v) is 10.9. The minimum atomic E-state index is -0.0604. The molecular weight excluding hydrogens is 256 g/mol. The third-order valence-corrected chi connectivity index (χ3v) is 2.74. The van der Waals surface area contributed by atoms with E-state index in [0.29, 0.717) is 18.1 Å². The van der Waals surface area contributed by atoms with Gasteiger partial charge in [0.05, 0.1) is 6.61 Å². The first-order chi connectivity index (χ1) is 9.81. The predicted octanol–water partition coefficient (Wildman–Crippen LogP) is 1.58. The summed E-state index contributed by atoms with van der Waals surface area (Å²) in [7, 11) is 0. The Hall–Kier alpha value is -2.63. The molecule has 0 amide bonds. The van der Waals surface area contributed by atoms with Gasteiger partial charge >= 0.3 is 0 Å². The van der Waals surface area contributed by atoms with Crippen molar-refractivity contribution in [3.63, 3.8) is 0 Å². The van der Waals surface area contributed by atoms with Gasteiger partial charge in [-0.25, -0.2) is 4.98 Å². The molecule has 2 aromatic heterocycles. The lowest BCUT2D eigenvalue weighted by molar-refractivity contribution is 0.306. The Kier molecular flexibility index (Phi) is 4.88. The summed E-state index contributed by atoms with van der Waals surface area (Å²) < 4.78 is 5.63. The molecule has 104 valence electrons. The first-order valence-electron chi connectivity index (χ1n) is 6.26. The second-order valence-corrected chi connectivity index (χ2v) is 4.14. The Balaban J connectivity index is 1.88. The van der Waals surface area contributed by atoms with Gasteiger partial charge in [-0.3, -0.25) is 4.98 Å². The molecular formula is C14H16N4O2. The molecule has 2 aromatic rings. The monoisotopic (exact) mass is 272 g/mol. The molecule has 2 heterocycles. The van der Waals surface area contributed by atoms with Crippen LogP contribution in [0.25, 0.3) is 0 Å². The van der Waals surface area contributed by atoms with Crippen molar-refractivity contribution >= 4 is 5.84 Å². The van der Waals surface area contributed by atoms with Crippen LogP contribution in [-0.2, 0) is 6.42 Å². The maximum absolute atomic E-state index is 8.69. The van der Waals surface area contributed by atoms with E-state index in [4.69, 9.17) is 15.7 Å². The molecule has 0 spiro atoms. The molecule has 6 nitrogen and oxygen atoms in total. The van der Waals surface area contributed by atoms with Gasteiger partial charge in [-0.05, 0) is 42.7 Å². The molecule has 0 aromatic carbocycles. The van der Waals surface area contributed by atoms with E-state index in [-0.39, 0.29) is 5.84 Å². The highest BCUT2D eigenvalue weighted by molar-refractivity contribution is 5.97. The lowest BCUT2D eigenvalue weighted by Crippen LogP contribution is -2.17. The van der Waals surface area contributed by atoms with Gasteiger partial charge in [-0.2, -0.15) is 0 Å². The van der Waals surface area contributed by atoms with Gasteiger partial charge in [0.25, 0.3) is 0 Å². The first kappa shape index (κ1) is 13.8. The first-order valence-corrected chi connectivity index (χ1v) is 6.26. The highest BCUT2D eigenvalue weighted by Crippen LogP contribution is 2.15. The van der Waals surface area contributed by atoms with Crippen molar-refractivity contribution in [2.45, 2.75) is 12.8 Å². The summed E-state index contributed by atoms with van der Waals surface area (Å²) >= 11 is 0. The fourth-order valence-corrected chi connectivity index (χ4v) is 1.75. The van der Waals surface area contributed by atoms with Crippen molar-refractivity contribution in [3.05, 3.63) is 54.1 Å². The van der Waals surface area contributed by atoms with Gasteiger partial charge in [0.15, 0.2) is 11.5 Å². The Morgan fingerprint density at radius 2 is 2.05 bits per heavy atom. The second kappa shape index (κ2) is 7.08. The summed E-state index contributed by atoms with van der Waals surface area (Å²) in [6.45, 7) is 0.528. The quantitative estimate of drug-likeness (QED) is 0.274. The number of nitrogens with two attached hydrogens (primary N) is 1. The van der Waals surface area contributed by atoms with E-state index in [9.17, 15) is 0 Å². The van der Waals surface area contributed by atoms with Gasteiger partial charge in [-0.1, -0.05) is 5.16 Å². The van der Waals surface area contributed by atoms with E-state index in [1.165, 1.54) is 5.56 Å². The van der Waals surface area contributed by atoms with Crippen molar-refractivity contribution in [1.29, 1.82) is 0 Å². The molecule has 0 atom stereocenters. The molecule has 0 fully saturated rings. The number of oxime groups is 1. The minimum Gasteiger partial charge on any atom is -0.491 e. The summed E-state index contributed by atoms with van der Waals surface area (Å²) in [5.74, 6) is 0.451. The number of rotatable bonds is 6. The van der Waals surface area contributed by atoms with Gasteiger partial charge in [0.1, 0.15) is 5.75 Å². The fraction of sp³-hybridized carbons (Fsp3) is 0.214. The number of aromatic nitrogens is 2. The third-order valence-electron chi connectivity index (χ3n) is 2.74. The Morgan fingerprint density at radius 3 is 2.80 bits per heavy atom. The van der Waals surface area contributed by atoms with E-state index in [1.54, 1.807) is 30.7 Å². The number of nitrogens with zero attached hydrogens (tertiary/aromatic N) is 3. The lowest BCUT2D eigenvalue weighted by atomic mass is 10.1. The van der Waals surface area contributed by atoms with Crippen molar-refractivity contribution in [2.24, 2.45) is 10.9 Å². The van der Waals surface area contributed by atoms with Crippen molar-refractivity contribution in [1.82, 2.24) is 9.97 Å². The predicted molar refractivity (Wildman–Crippen MR) is 74.8 cm³/mol. The molecule has 0 saturated heterocycles. The van der Waals surface area contributed by atoms with E-state index in [2.05, 4.69) is 15.1 Å². The fourth-order valence-electron chi connectivity index (χ4n) is 1.75. The topological polar surface area (TPSA) is 93.6 Å². The summed E-state index contributed by atoms with van der Waals surface area (Å²) in [4.78, 5) is 8.01. The molecule has 0 radical (unpaired) electrons. The van der Waals surface area contributed by atoms with Crippen LogP contribution in [0.15, 0.2) is 48.0 Å². The zero-order chi connectivity index (χ0) is 14.2. The maximum Gasteiger partial charge on any atom is 0.192 e. The van der Waals surface area contributed by atoms with Crippen LogP contribution in [0.3, 0.4) is 0 Å². The molecule has 2 rings (SSSR count). The summed E-state index contributed by atoms with van der Waals surface area (Å²) in [5, 5.41) is 11.6. The number of hydrogen-bond donors (Lipinski definition) is 2. The average Bonchev–Trinajstić information content (AvgIpc) is 2.52. The molecule has 0 bridgehead atoms. The Bertz CT molecular complexity index is 572. The van der Waals surface area contributed by atoms with Gasteiger partial charge in [0.2, 0.25) is 0 Å². The van der Waals surface area contributed by atoms with Crippen LogP contribution in [0, 0.1) is 0 Å². The standard InChI is InChI=1S/C14H16N4O2/c15-14(18-19)13-12(4-1-7-17-13)20-10-2-3-11-5-8-16-9-6-11/h1,4-9,19H,2-3,10H2,(H2,15,18). The van der Waals surface area contributed by atoms with E-state index >= 15 is 0 Å². The number of pyridine rings is 2. The van der Waals surface area contributed by atoms with Crippen LogP contribution in [-0.4, -0.2) is 27.6 Å². The second-order valence-electron chi connectivity index (χ2n) is 4.14. The number of hydrogen-bond acceptors (Lipinski definition) is 5. The molecule has 0 unspecified atom stereocenters. The normalized spacial score (nSPS) is 11.3. The van der Waals surface area contributed by atoms with Crippen LogP contribution in [0.4, 0.5) is 0 Å². The van der Waals surface area contributed by atoms with Gasteiger partial charge in [0, 0.05) is 18.6 Å². The van der Waals surface area contributed by atoms with E-state index < -0.39 is 0 Å². The lowest BCUT2D eigenvalue weighted by Gasteiger charge is -2.09. The molecule has 0 aliphatic heterocycles. The van der Waals surface area contributed by atoms with Crippen LogP contribution in [0.2, 0.25) is 0 Å². The Morgan fingerprint density at radius 1 is 1.25 bits per heavy atom. The molecule has 3 N–H and O–H groups in total. The molecule has 0 saturated carbocycles. The number of ether oxygens (including phenoxy) is 1. The summed E-state index contributed by atoms with van der Waals surface area (Å²) in [6, 6.07) is 7.44. The highest BCUT2D eigenvalue weighted by atomic mass is 16.5. The smallest absolute Gasteiger partial charge is 0.192 e. The van der Waals surface area contributed by atoms with Crippen LogP contribution in [0.1, 0.15) is 17.7 Å². The van der Waals surface area contributed by atoms with Crippen molar-refractivity contribution in [3.8, 4) is 5.75 Å². The van der Waals surface area contributed by atoms with Crippen molar-refractivity contribution < 1.29 is 9.94 Å². The maximum atomic E-state index is 8.69. The number of amidine groups is 1. The Labute approximate surface area is 116 Å². The van der Waals surface area contributed by atoms with E-state index in [0.717, 1.165) is 12.8 Å². The third kappa shape index (κ3) is 3.68. The van der Waals surface area contributed by atoms with E-state index in [1.807, 2.05) is 12.1 Å². The molecule has 6 heteroatoms. The average molecular weight is 272 g/mol. The van der Waals surface area contributed by atoms with Crippen LogP contribution < -0.4 is 10.5 Å². The SMILES string of the molecule is N/C(=N/O)c1ncccc1OCCCc1ccncc1. The van der Waals surface area contributed by atoms with Gasteiger partial charge in [-0.15, -0.1) is 0 Å².